The quantitative estimate of drug-likeness (QED) is 0.763. The molecule has 0 heterocycles. The van der Waals surface area contributed by atoms with Gasteiger partial charge in [0.2, 0.25) is 0 Å². The van der Waals surface area contributed by atoms with E-state index in [9.17, 15) is 0 Å². The molecule has 0 radical (unpaired) electrons. The van der Waals surface area contributed by atoms with Crippen LogP contribution in [-0.2, 0) is 0 Å². The van der Waals surface area contributed by atoms with Gasteiger partial charge in [-0.05, 0) is 13.8 Å². The van der Waals surface area contributed by atoms with Crippen LogP contribution in [0.15, 0.2) is 11.1 Å². The molecule has 11 heavy (non-hydrogen) atoms. The monoisotopic (exact) mass is 221 g/mol. The molecule has 0 atom stereocenters. The Morgan fingerprint density at radius 2 is 2.18 bits per heavy atom. The molecule has 0 aliphatic heterocycles. The molecule has 0 fully saturated rings. The number of hydrogen-bond acceptors (Lipinski definition) is 2. The van der Waals surface area contributed by atoms with Crippen molar-refractivity contribution in [1.82, 2.24) is 4.90 Å². The van der Waals surface area contributed by atoms with Crippen LogP contribution >= 0.6 is 15.9 Å². The Morgan fingerprint density at radius 1 is 1.64 bits per heavy atom. The molecule has 0 unspecified atom stereocenters. The van der Waals surface area contributed by atoms with Crippen molar-refractivity contribution < 1.29 is 5.11 Å². The highest BCUT2D eigenvalue weighted by atomic mass is 79.9. The zero-order valence-corrected chi connectivity index (χ0v) is 8.76. The van der Waals surface area contributed by atoms with E-state index in [1.165, 1.54) is 0 Å². The van der Waals surface area contributed by atoms with Gasteiger partial charge in [-0.2, -0.15) is 0 Å². The summed E-state index contributed by atoms with van der Waals surface area (Å²) in [6, 6.07) is 0.455. The summed E-state index contributed by atoms with van der Waals surface area (Å²) in [5, 5.41) is 8.71. The first-order valence-corrected chi connectivity index (χ1v) is 4.55. The number of aliphatic hydroxyl groups is 1. The van der Waals surface area contributed by atoms with Gasteiger partial charge in [-0.1, -0.05) is 22.5 Å². The highest BCUT2D eigenvalue weighted by Crippen LogP contribution is 2.06. The average Bonchev–Trinajstić information content (AvgIpc) is 1.86. The number of rotatable bonds is 5. The molecule has 2 nitrogen and oxygen atoms in total. The lowest BCUT2D eigenvalue weighted by Crippen LogP contribution is -2.34. The lowest BCUT2D eigenvalue weighted by atomic mass is 10.3. The Kier molecular flexibility index (Phi) is 5.82. The van der Waals surface area contributed by atoms with Crippen LogP contribution in [-0.4, -0.2) is 35.7 Å². The van der Waals surface area contributed by atoms with Crippen molar-refractivity contribution in [3.63, 3.8) is 0 Å². The van der Waals surface area contributed by atoms with Crippen molar-refractivity contribution in [3.05, 3.63) is 11.1 Å². The van der Waals surface area contributed by atoms with Gasteiger partial charge in [0.15, 0.2) is 0 Å². The van der Waals surface area contributed by atoms with E-state index in [4.69, 9.17) is 5.11 Å². The van der Waals surface area contributed by atoms with Crippen LogP contribution in [0.4, 0.5) is 0 Å². The Morgan fingerprint density at radius 3 is 2.45 bits per heavy atom. The summed E-state index contributed by atoms with van der Waals surface area (Å²) in [6.45, 7) is 9.68. The second-order valence-electron chi connectivity index (χ2n) is 2.81. The van der Waals surface area contributed by atoms with Crippen LogP contribution < -0.4 is 0 Å². The van der Waals surface area contributed by atoms with Gasteiger partial charge in [0, 0.05) is 23.6 Å². The summed E-state index contributed by atoms with van der Waals surface area (Å²) < 4.78 is 0.958. The van der Waals surface area contributed by atoms with Crippen molar-refractivity contribution in [2.24, 2.45) is 0 Å². The van der Waals surface area contributed by atoms with E-state index < -0.39 is 0 Å². The summed E-state index contributed by atoms with van der Waals surface area (Å²) >= 11 is 3.30. The number of aliphatic hydroxyl groups excluding tert-OH is 1. The molecular weight excluding hydrogens is 206 g/mol. The lowest BCUT2D eigenvalue weighted by molar-refractivity contribution is 0.179. The maximum absolute atomic E-state index is 8.71. The van der Waals surface area contributed by atoms with Crippen molar-refractivity contribution in [2.75, 3.05) is 19.7 Å². The van der Waals surface area contributed by atoms with Crippen molar-refractivity contribution in [3.8, 4) is 0 Å². The van der Waals surface area contributed by atoms with E-state index in [0.717, 1.165) is 11.0 Å². The molecule has 66 valence electrons. The first-order chi connectivity index (χ1) is 5.07. The normalized spacial score (nSPS) is 11.1. The van der Waals surface area contributed by atoms with Crippen LogP contribution in [0.5, 0.6) is 0 Å². The highest BCUT2D eigenvalue weighted by molar-refractivity contribution is 9.11. The maximum Gasteiger partial charge on any atom is 0.0558 e. The van der Waals surface area contributed by atoms with Crippen LogP contribution in [0.1, 0.15) is 13.8 Å². The van der Waals surface area contributed by atoms with Crippen LogP contribution in [0.3, 0.4) is 0 Å². The minimum atomic E-state index is 0.207. The predicted octanol–water partition coefficient (Wildman–Crippen LogP) is 1.60. The summed E-state index contributed by atoms with van der Waals surface area (Å²) in [5.41, 5.74) is 0. The molecule has 0 saturated heterocycles. The SMILES string of the molecule is C=C(Br)CN(CCO)C(C)C. The van der Waals surface area contributed by atoms with E-state index >= 15 is 0 Å². The molecule has 0 amide bonds. The van der Waals surface area contributed by atoms with Gasteiger partial charge in [-0.15, -0.1) is 0 Å². The highest BCUT2D eigenvalue weighted by Gasteiger charge is 2.07. The Labute approximate surface area is 77.0 Å². The molecular formula is C8H16BrNO. The van der Waals surface area contributed by atoms with E-state index in [1.807, 2.05) is 0 Å². The lowest BCUT2D eigenvalue weighted by Gasteiger charge is -2.24. The molecule has 0 aromatic heterocycles. The Hall–Kier alpha value is 0.140. The van der Waals surface area contributed by atoms with Crippen molar-refractivity contribution in [2.45, 2.75) is 19.9 Å². The third kappa shape index (κ3) is 5.41. The molecule has 0 spiro atoms. The largest absolute Gasteiger partial charge is 0.395 e. The number of nitrogens with zero attached hydrogens (tertiary/aromatic N) is 1. The van der Waals surface area contributed by atoms with E-state index in [1.54, 1.807) is 0 Å². The van der Waals surface area contributed by atoms with Gasteiger partial charge in [0.25, 0.3) is 0 Å². The van der Waals surface area contributed by atoms with Crippen LogP contribution in [0, 0.1) is 0 Å². The number of halogens is 1. The minimum Gasteiger partial charge on any atom is -0.395 e. The van der Waals surface area contributed by atoms with Crippen LogP contribution in [0.25, 0.3) is 0 Å². The van der Waals surface area contributed by atoms with Gasteiger partial charge in [0.1, 0.15) is 0 Å². The fraction of sp³-hybridized carbons (Fsp3) is 0.750. The molecule has 0 bridgehead atoms. The second kappa shape index (κ2) is 5.75. The van der Waals surface area contributed by atoms with Crippen molar-refractivity contribution >= 4 is 15.9 Å². The molecule has 0 rings (SSSR count). The third-order valence-electron chi connectivity index (χ3n) is 1.49. The smallest absolute Gasteiger partial charge is 0.0558 e. The minimum absolute atomic E-state index is 0.207. The van der Waals surface area contributed by atoms with Gasteiger partial charge >= 0.3 is 0 Å². The summed E-state index contributed by atoms with van der Waals surface area (Å²) in [6.07, 6.45) is 0. The zero-order valence-electron chi connectivity index (χ0n) is 7.18. The summed E-state index contributed by atoms with van der Waals surface area (Å²) in [4.78, 5) is 2.15. The van der Waals surface area contributed by atoms with E-state index in [0.29, 0.717) is 12.6 Å². The van der Waals surface area contributed by atoms with Crippen LogP contribution in [0.2, 0.25) is 0 Å². The van der Waals surface area contributed by atoms with Crippen molar-refractivity contribution in [1.29, 1.82) is 0 Å². The average molecular weight is 222 g/mol. The van der Waals surface area contributed by atoms with E-state index in [2.05, 4.69) is 41.3 Å². The van der Waals surface area contributed by atoms with Gasteiger partial charge in [-0.25, -0.2) is 0 Å². The summed E-state index contributed by atoms with van der Waals surface area (Å²) in [5.74, 6) is 0. The predicted molar refractivity (Wildman–Crippen MR) is 51.9 cm³/mol. The molecule has 0 aromatic rings. The first-order valence-electron chi connectivity index (χ1n) is 3.76. The van der Waals surface area contributed by atoms with E-state index in [-0.39, 0.29) is 6.61 Å². The van der Waals surface area contributed by atoms with Gasteiger partial charge < -0.3 is 5.11 Å². The fourth-order valence-corrected chi connectivity index (χ4v) is 1.19. The molecule has 0 saturated carbocycles. The summed E-state index contributed by atoms with van der Waals surface area (Å²) in [7, 11) is 0. The maximum atomic E-state index is 8.71. The molecule has 0 aromatic carbocycles. The van der Waals surface area contributed by atoms with Gasteiger partial charge in [-0.3, -0.25) is 4.90 Å². The topological polar surface area (TPSA) is 23.5 Å². The molecule has 3 heteroatoms. The number of hydrogen-bond donors (Lipinski definition) is 1. The zero-order chi connectivity index (χ0) is 8.85. The standard InChI is InChI=1S/C8H16BrNO/c1-7(2)10(4-5-11)6-8(3)9/h7,11H,3-6H2,1-2H3. The fourth-order valence-electron chi connectivity index (χ4n) is 0.869. The van der Waals surface area contributed by atoms with Gasteiger partial charge in [0.05, 0.1) is 6.61 Å². The Bertz CT molecular complexity index is 125. The Balaban J connectivity index is 3.79. The molecule has 1 N–H and O–H groups in total. The third-order valence-corrected chi connectivity index (χ3v) is 1.74. The molecule has 0 aliphatic rings. The first kappa shape index (κ1) is 11.1. The molecule has 0 aliphatic carbocycles. The second-order valence-corrected chi connectivity index (χ2v) is 3.93.